The van der Waals surface area contributed by atoms with Crippen LogP contribution in [-0.4, -0.2) is 18.7 Å². The fourth-order valence-corrected chi connectivity index (χ4v) is 2.63. The fraction of sp³-hybridized carbons (Fsp3) is 0.143. The Balaban J connectivity index is 1.60. The molecule has 0 saturated heterocycles. The van der Waals surface area contributed by atoms with Crippen molar-refractivity contribution >= 4 is 22.9 Å². The molecule has 0 atom stereocenters. The van der Waals surface area contributed by atoms with Crippen LogP contribution in [0.25, 0.3) is 10.8 Å². The summed E-state index contributed by atoms with van der Waals surface area (Å²) < 4.78 is 5.39. The Kier molecular flexibility index (Phi) is 5.42. The molecule has 4 nitrogen and oxygen atoms in total. The molecule has 0 aliphatic carbocycles. The first-order chi connectivity index (χ1) is 12.3. The predicted octanol–water partition coefficient (Wildman–Crippen LogP) is 3.93. The van der Waals surface area contributed by atoms with Crippen molar-refractivity contribution in [2.75, 3.05) is 6.61 Å². The third-order valence-electron chi connectivity index (χ3n) is 3.82. The lowest BCUT2D eigenvalue weighted by molar-refractivity contribution is -0.120. The SMILES string of the molecule is CCOc1ccc(CC(=O)N/N=C\c2cccc3ccccc23)cc1. The van der Waals surface area contributed by atoms with E-state index in [2.05, 4.69) is 22.7 Å². The van der Waals surface area contributed by atoms with Crippen molar-refractivity contribution in [3.8, 4) is 5.75 Å². The highest BCUT2D eigenvalue weighted by molar-refractivity contribution is 5.99. The number of rotatable bonds is 6. The first kappa shape index (κ1) is 16.7. The fourth-order valence-electron chi connectivity index (χ4n) is 2.63. The molecule has 25 heavy (non-hydrogen) atoms. The van der Waals surface area contributed by atoms with Crippen LogP contribution in [0.3, 0.4) is 0 Å². The summed E-state index contributed by atoms with van der Waals surface area (Å²) in [4.78, 5) is 12.0. The van der Waals surface area contributed by atoms with Gasteiger partial charge in [0.1, 0.15) is 5.75 Å². The molecule has 3 rings (SSSR count). The zero-order chi connectivity index (χ0) is 17.5. The van der Waals surface area contributed by atoms with Crippen molar-refractivity contribution < 1.29 is 9.53 Å². The minimum Gasteiger partial charge on any atom is -0.494 e. The van der Waals surface area contributed by atoms with Gasteiger partial charge < -0.3 is 4.74 Å². The first-order valence-electron chi connectivity index (χ1n) is 8.27. The van der Waals surface area contributed by atoms with Crippen LogP contribution in [0, 0.1) is 0 Å². The number of amides is 1. The lowest BCUT2D eigenvalue weighted by Gasteiger charge is -2.05. The van der Waals surface area contributed by atoms with E-state index in [1.165, 1.54) is 0 Å². The van der Waals surface area contributed by atoms with Crippen molar-refractivity contribution in [2.24, 2.45) is 5.10 Å². The van der Waals surface area contributed by atoms with Gasteiger partial charge in [-0.15, -0.1) is 0 Å². The minimum absolute atomic E-state index is 0.152. The number of hydrazone groups is 1. The van der Waals surface area contributed by atoms with Gasteiger partial charge in [0.15, 0.2) is 0 Å². The maximum atomic E-state index is 12.0. The van der Waals surface area contributed by atoms with Crippen molar-refractivity contribution in [1.29, 1.82) is 0 Å². The van der Waals surface area contributed by atoms with Crippen LogP contribution in [0.1, 0.15) is 18.1 Å². The summed E-state index contributed by atoms with van der Waals surface area (Å²) in [6.45, 7) is 2.57. The number of carbonyl (C=O) groups excluding carboxylic acids is 1. The maximum absolute atomic E-state index is 12.0. The van der Waals surface area contributed by atoms with Crippen LogP contribution < -0.4 is 10.2 Å². The molecule has 0 aliphatic heterocycles. The highest BCUT2D eigenvalue weighted by Crippen LogP contribution is 2.16. The Bertz CT molecular complexity index is 881. The number of carbonyl (C=O) groups is 1. The highest BCUT2D eigenvalue weighted by atomic mass is 16.5. The third-order valence-corrected chi connectivity index (χ3v) is 3.82. The molecule has 0 bridgehead atoms. The number of hydrogen-bond donors (Lipinski definition) is 1. The Labute approximate surface area is 147 Å². The van der Waals surface area contributed by atoms with Gasteiger partial charge in [0.25, 0.3) is 0 Å². The van der Waals surface area contributed by atoms with Crippen molar-refractivity contribution in [2.45, 2.75) is 13.3 Å². The summed E-state index contributed by atoms with van der Waals surface area (Å²) in [6, 6.07) is 21.6. The molecule has 0 fully saturated rings. The summed E-state index contributed by atoms with van der Waals surface area (Å²) in [6.07, 6.45) is 1.96. The van der Waals surface area contributed by atoms with Crippen molar-refractivity contribution in [3.05, 3.63) is 77.9 Å². The number of ether oxygens (including phenoxy) is 1. The molecule has 0 aromatic heterocycles. The van der Waals surface area contributed by atoms with Gasteiger partial charge in [-0.1, -0.05) is 54.6 Å². The van der Waals surface area contributed by atoms with Crippen LogP contribution in [0.2, 0.25) is 0 Å². The summed E-state index contributed by atoms with van der Waals surface area (Å²) in [5.74, 6) is 0.654. The highest BCUT2D eigenvalue weighted by Gasteiger charge is 2.03. The molecule has 0 spiro atoms. The summed E-state index contributed by atoms with van der Waals surface area (Å²) in [5.41, 5.74) is 4.47. The van der Waals surface area contributed by atoms with Crippen LogP contribution in [0.15, 0.2) is 71.8 Å². The van der Waals surface area contributed by atoms with E-state index in [0.717, 1.165) is 27.6 Å². The molecule has 1 N–H and O–H groups in total. The molecule has 3 aromatic carbocycles. The molecule has 1 amide bonds. The molecule has 126 valence electrons. The number of fused-ring (bicyclic) bond motifs is 1. The largest absolute Gasteiger partial charge is 0.494 e. The van der Waals surface area contributed by atoms with E-state index >= 15 is 0 Å². The molecule has 4 heteroatoms. The van der Waals surface area contributed by atoms with Gasteiger partial charge in [0, 0.05) is 5.56 Å². The Morgan fingerprint density at radius 2 is 1.80 bits per heavy atom. The Morgan fingerprint density at radius 3 is 2.60 bits per heavy atom. The topological polar surface area (TPSA) is 50.7 Å². The smallest absolute Gasteiger partial charge is 0.244 e. The second-order valence-electron chi connectivity index (χ2n) is 5.62. The average molecular weight is 332 g/mol. The molecule has 0 aliphatic rings. The van der Waals surface area contributed by atoms with E-state index in [9.17, 15) is 4.79 Å². The van der Waals surface area contributed by atoms with Crippen LogP contribution >= 0.6 is 0 Å². The second kappa shape index (κ2) is 8.11. The van der Waals surface area contributed by atoms with E-state index in [4.69, 9.17) is 4.74 Å². The van der Waals surface area contributed by atoms with Gasteiger partial charge in [0.2, 0.25) is 5.91 Å². The van der Waals surface area contributed by atoms with Gasteiger partial charge in [-0.3, -0.25) is 4.79 Å². The van der Waals surface area contributed by atoms with Crippen LogP contribution in [-0.2, 0) is 11.2 Å². The molecule has 3 aromatic rings. The zero-order valence-electron chi connectivity index (χ0n) is 14.1. The monoisotopic (exact) mass is 332 g/mol. The lowest BCUT2D eigenvalue weighted by atomic mass is 10.1. The van der Waals surface area contributed by atoms with E-state index in [-0.39, 0.29) is 12.3 Å². The van der Waals surface area contributed by atoms with Crippen LogP contribution in [0.5, 0.6) is 5.75 Å². The Hall–Kier alpha value is -3.14. The number of benzene rings is 3. The number of hydrogen-bond acceptors (Lipinski definition) is 3. The number of nitrogens with one attached hydrogen (secondary N) is 1. The van der Waals surface area contributed by atoms with Crippen molar-refractivity contribution in [1.82, 2.24) is 5.43 Å². The quantitative estimate of drug-likeness (QED) is 0.549. The average Bonchev–Trinajstić information content (AvgIpc) is 2.64. The molecule has 0 saturated carbocycles. The predicted molar refractivity (Wildman–Crippen MR) is 101 cm³/mol. The van der Waals surface area contributed by atoms with Gasteiger partial charge in [-0.05, 0) is 35.4 Å². The van der Waals surface area contributed by atoms with E-state index < -0.39 is 0 Å². The molecule has 0 heterocycles. The molecule has 0 radical (unpaired) electrons. The summed E-state index contributed by atoms with van der Waals surface area (Å²) >= 11 is 0. The van der Waals surface area contributed by atoms with Crippen LogP contribution in [0.4, 0.5) is 0 Å². The van der Waals surface area contributed by atoms with E-state index in [0.29, 0.717) is 6.61 Å². The Morgan fingerprint density at radius 1 is 1.04 bits per heavy atom. The van der Waals surface area contributed by atoms with E-state index in [1.807, 2.05) is 61.5 Å². The third kappa shape index (κ3) is 4.44. The summed E-state index contributed by atoms with van der Waals surface area (Å²) in [7, 11) is 0. The van der Waals surface area contributed by atoms with E-state index in [1.54, 1.807) is 6.21 Å². The lowest BCUT2D eigenvalue weighted by Crippen LogP contribution is -2.19. The van der Waals surface area contributed by atoms with Gasteiger partial charge in [-0.25, -0.2) is 5.43 Å². The normalized spacial score (nSPS) is 10.9. The van der Waals surface area contributed by atoms with Gasteiger partial charge >= 0.3 is 0 Å². The molecular formula is C21H20N2O2. The molecule has 0 unspecified atom stereocenters. The zero-order valence-corrected chi connectivity index (χ0v) is 14.1. The standard InChI is InChI=1S/C21H20N2O2/c1-2-25-19-12-10-16(11-13-19)14-21(24)23-22-15-18-8-5-7-17-6-3-4-9-20(17)18/h3-13,15H,2,14H2,1H3,(H,23,24)/b22-15-. The minimum atomic E-state index is -0.152. The van der Waals surface area contributed by atoms with Gasteiger partial charge in [0.05, 0.1) is 19.2 Å². The maximum Gasteiger partial charge on any atom is 0.244 e. The van der Waals surface area contributed by atoms with Gasteiger partial charge in [-0.2, -0.15) is 5.10 Å². The summed E-state index contributed by atoms with van der Waals surface area (Å²) in [5, 5.41) is 6.34. The number of nitrogens with zero attached hydrogens (tertiary/aromatic N) is 1. The second-order valence-corrected chi connectivity index (χ2v) is 5.62. The van der Waals surface area contributed by atoms with Crippen molar-refractivity contribution in [3.63, 3.8) is 0 Å². The molecular weight excluding hydrogens is 312 g/mol. The first-order valence-corrected chi connectivity index (χ1v) is 8.27.